The van der Waals surface area contributed by atoms with Crippen LogP contribution in [0, 0.1) is 0 Å². The van der Waals surface area contributed by atoms with Gasteiger partial charge in [0.15, 0.2) is 6.17 Å². The van der Waals surface area contributed by atoms with Crippen LogP contribution in [0.4, 0.5) is 0 Å². The Labute approximate surface area is 216 Å². The quantitative estimate of drug-likeness (QED) is 0.377. The third-order valence-corrected chi connectivity index (χ3v) is 9.12. The molecule has 3 unspecified atom stereocenters. The third-order valence-electron chi connectivity index (χ3n) is 9.12. The van der Waals surface area contributed by atoms with Crippen LogP contribution in [0.15, 0.2) is 48.5 Å². The zero-order valence-electron chi connectivity index (χ0n) is 20.8. The summed E-state index contributed by atoms with van der Waals surface area (Å²) in [6, 6.07) is 18.7. The standard InChI is InChI=1S/C29H41N4.BrH/c1-2-3-4-5-24-6-10-26(11-7-24)27-12-8-25(9-13-27)14-21-33-22-19-31-16-15-30-17-18-32(20-23-33)29(33)28(30)31;/h6-13,28-29H,2-5,14-23H2,1H3;1H/q+1;/p-1. The van der Waals surface area contributed by atoms with Crippen molar-refractivity contribution in [3.63, 3.8) is 0 Å². The number of aryl methyl sites for hydroxylation is 1. The normalized spacial score (nSPS) is 28.6. The second-order valence-electron chi connectivity index (χ2n) is 10.9. The van der Waals surface area contributed by atoms with Gasteiger partial charge in [-0.2, -0.15) is 0 Å². The fourth-order valence-corrected chi connectivity index (χ4v) is 7.11. The van der Waals surface area contributed by atoms with Crippen LogP contribution in [-0.2, 0) is 12.8 Å². The van der Waals surface area contributed by atoms with Gasteiger partial charge in [0.05, 0.1) is 26.2 Å². The Bertz CT molecular complexity index is 940. The van der Waals surface area contributed by atoms with Crippen molar-refractivity contribution in [1.29, 1.82) is 0 Å². The Morgan fingerprint density at radius 3 is 1.82 bits per heavy atom. The van der Waals surface area contributed by atoms with Crippen molar-refractivity contribution in [3.8, 4) is 11.1 Å². The molecule has 0 spiro atoms. The number of hydrogen-bond acceptors (Lipinski definition) is 3. The van der Waals surface area contributed by atoms with E-state index in [0.29, 0.717) is 12.3 Å². The van der Waals surface area contributed by atoms with Gasteiger partial charge in [0.2, 0.25) is 0 Å². The topological polar surface area (TPSA) is 9.72 Å². The number of halogens is 1. The minimum Gasteiger partial charge on any atom is -1.00 e. The average Bonchev–Trinajstić information content (AvgIpc) is 3.45. The molecule has 0 N–H and O–H groups in total. The van der Waals surface area contributed by atoms with Crippen LogP contribution in [0.25, 0.3) is 11.1 Å². The molecular weight excluding hydrogens is 484 g/mol. The number of hydrogen-bond donors (Lipinski definition) is 0. The predicted octanol–water partition coefficient (Wildman–Crippen LogP) is 1.06. The van der Waals surface area contributed by atoms with E-state index >= 15 is 0 Å². The number of rotatable bonds is 8. The minimum atomic E-state index is 0. The molecule has 2 aromatic rings. The predicted molar refractivity (Wildman–Crippen MR) is 136 cm³/mol. The van der Waals surface area contributed by atoms with Gasteiger partial charge in [-0.05, 0) is 35.1 Å². The van der Waals surface area contributed by atoms with Gasteiger partial charge in [0.1, 0.15) is 6.17 Å². The third kappa shape index (κ3) is 4.51. The first kappa shape index (κ1) is 24.5. The maximum absolute atomic E-state index is 2.83. The van der Waals surface area contributed by atoms with Gasteiger partial charge in [-0.3, -0.25) is 9.80 Å². The van der Waals surface area contributed by atoms with Gasteiger partial charge in [-0.1, -0.05) is 68.3 Å². The molecule has 0 radical (unpaired) electrons. The van der Waals surface area contributed by atoms with Crippen LogP contribution >= 0.6 is 0 Å². The highest BCUT2D eigenvalue weighted by molar-refractivity contribution is 5.64. The van der Waals surface area contributed by atoms with Gasteiger partial charge in [0, 0.05) is 39.1 Å². The number of unbranched alkanes of at least 4 members (excludes halogenated alkanes) is 2. The molecule has 0 aliphatic carbocycles. The van der Waals surface area contributed by atoms with Gasteiger partial charge in [-0.15, -0.1) is 0 Å². The zero-order valence-corrected chi connectivity index (χ0v) is 22.4. The van der Waals surface area contributed by atoms with E-state index in [4.69, 9.17) is 0 Å². The molecule has 6 rings (SSSR count). The molecule has 4 aliphatic heterocycles. The van der Waals surface area contributed by atoms with E-state index in [-0.39, 0.29) is 17.0 Å². The second kappa shape index (κ2) is 10.4. The van der Waals surface area contributed by atoms with Crippen molar-refractivity contribution in [2.75, 3.05) is 58.9 Å². The Morgan fingerprint density at radius 1 is 0.676 bits per heavy atom. The SMILES string of the molecule is CCCCCc1ccc(-c2ccc(CC[N+]34CCN5CCN6CCN(CC3)C4C65)cc2)cc1.[Br-]. The fourth-order valence-electron chi connectivity index (χ4n) is 7.11. The lowest BCUT2D eigenvalue weighted by molar-refractivity contribution is -0.954. The van der Waals surface area contributed by atoms with Gasteiger partial charge in [-0.25, -0.2) is 4.90 Å². The second-order valence-corrected chi connectivity index (χ2v) is 10.9. The van der Waals surface area contributed by atoms with Crippen LogP contribution in [0.2, 0.25) is 0 Å². The number of benzene rings is 2. The average molecular weight is 526 g/mol. The molecule has 4 fully saturated rings. The molecule has 4 nitrogen and oxygen atoms in total. The summed E-state index contributed by atoms with van der Waals surface area (Å²) in [6.07, 6.45) is 7.74. The molecule has 3 atom stereocenters. The summed E-state index contributed by atoms with van der Waals surface area (Å²) in [6.45, 7) is 14.0. The van der Waals surface area contributed by atoms with Gasteiger partial charge in [0.25, 0.3) is 0 Å². The van der Waals surface area contributed by atoms with Crippen LogP contribution < -0.4 is 17.0 Å². The molecule has 184 valence electrons. The molecule has 34 heavy (non-hydrogen) atoms. The Kier molecular flexibility index (Phi) is 7.48. The molecule has 0 aromatic heterocycles. The van der Waals surface area contributed by atoms with Crippen LogP contribution in [0.1, 0.15) is 37.3 Å². The summed E-state index contributed by atoms with van der Waals surface area (Å²) < 4.78 is 1.33. The van der Waals surface area contributed by atoms with E-state index in [2.05, 4.69) is 70.2 Å². The first-order chi connectivity index (χ1) is 16.3. The van der Waals surface area contributed by atoms with Crippen molar-refractivity contribution < 1.29 is 21.5 Å². The molecule has 0 saturated carbocycles. The largest absolute Gasteiger partial charge is 1.00 e. The van der Waals surface area contributed by atoms with Crippen LogP contribution in [-0.4, -0.2) is 90.4 Å². The van der Waals surface area contributed by atoms with E-state index in [9.17, 15) is 0 Å². The molecule has 5 heteroatoms. The Hall–Kier alpha value is -1.24. The highest BCUT2D eigenvalue weighted by atomic mass is 79.9. The number of piperazine rings is 2. The lowest BCUT2D eigenvalue weighted by Gasteiger charge is -2.54. The number of quaternary nitrogens is 1. The van der Waals surface area contributed by atoms with Crippen molar-refractivity contribution in [3.05, 3.63) is 59.7 Å². The minimum absolute atomic E-state index is 0. The van der Waals surface area contributed by atoms with E-state index in [0.717, 1.165) is 0 Å². The lowest BCUT2D eigenvalue weighted by Crippen LogP contribution is -3.00. The zero-order chi connectivity index (χ0) is 22.3. The van der Waals surface area contributed by atoms with E-state index in [1.807, 2.05) is 0 Å². The highest BCUT2D eigenvalue weighted by Gasteiger charge is 2.59. The van der Waals surface area contributed by atoms with Crippen molar-refractivity contribution in [2.45, 2.75) is 51.4 Å². The number of nitrogens with zero attached hydrogens (tertiary/aromatic N) is 4. The maximum atomic E-state index is 2.83. The van der Waals surface area contributed by atoms with Crippen molar-refractivity contribution in [2.24, 2.45) is 0 Å². The fraction of sp³-hybridized carbons (Fsp3) is 0.586. The Morgan fingerprint density at radius 2 is 1.21 bits per heavy atom. The van der Waals surface area contributed by atoms with Gasteiger partial charge >= 0.3 is 0 Å². The molecule has 4 heterocycles. The summed E-state index contributed by atoms with van der Waals surface area (Å²) in [4.78, 5) is 8.39. The summed E-state index contributed by atoms with van der Waals surface area (Å²) in [5.41, 5.74) is 5.67. The summed E-state index contributed by atoms with van der Waals surface area (Å²) in [7, 11) is 0. The monoisotopic (exact) mass is 524 g/mol. The van der Waals surface area contributed by atoms with E-state index < -0.39 is 0 Å². The molecule has 0 amide bonds. The smallest absolute Gasteiger partial charge is 0.175 e. The molecule has 2 aromatic carbocycles. The maximum Gasteiger partial charge on any atom is 0.175 e. The molecule has 0 bridgehead atoms. The molecular formula is C29H41BrN4. The van der Waals surface area contributed by atoms with Crippen molar-refractivity contribution in [1.82, 2.24) is 14.7 Å². The summed E-state index contributed by atoms with van der Waals surface area (Å²) in [5, 5.41) is 0. The molecule has 4 aliphatic rings. The van der Waals surface area contributed by atoms with E-state index in [1.165, 1.54) is 118 Å². The van der Waals surface area contributed by atoms with Crippen molar-refractivity contribution >= 4 is 0 Å². The first-order valence-corrected chi connectivity index (χ1v) is 13.5. The lowest BCUT2D eigenvalue weighted by atomic mass is 9.99. The summed E-state index contributed by atoms with van der Waals surface area (Å²) in [5.74, 6) is 0. The first-order valence-electron chi connectivity index (χ1n) is 13.5. The Balaban J connectivity index is 0.00000241. The van der Waals surface area contributed by atoms with E-state index in [1.54, 1.807) is 0 Å². The summed E-state index contributed by atoms with van der Waals surface area (Å²) >= 11 is 0. The molecule has 4 saturated heterocycles. The highest BCUT2D eigenvalue weighted by Crippen LogP contribution is 2.39. The van der Waals surface area contributed by atoms with Crippen LogP contribution in [0.5, 0.6) is 0 Å². The van der Waals surface area contributed by atoms with Crippen LogP contribution in [0.3, 0.4) is 0 Å². The van der Waals surface area contributed by atoms with Gasteiger partial charge < -0.3 is 21.5 Å².